The Kier molecular flexibility index (Phi) is 6.68. The molecule has 0 spiro atoms. The van der Waals surface area contributed by atoms with Crippen molar-refractivity contribution in [1.29, 1.82) is 0 Å². The highest BCUT2D eigenvalue weighted by Gasteiger charge is 2.35. The summed E-state index contributed by atoms with van der Waals surface area (Å²) < 4.78 is 1.75. The lowest BCUT2D eigenvalue weighted by Gasteiger charge is -2.28. The van der Waals surface area contributed by atoms with Crippen LogP contribution in [0, 0.1) is 5.92 Å². The molecule has 5 rings (SSSR count). The smallest absolute Gasteiger partial charge is 0.248 e. The van der Waals surface area contributed by atoms with Gasteiger partial charge in [-0.1, -0.05) is 112 Å². The molecule has 1 aliphatic carbocycles. The molecule has 0 amide bonds. The van der Waals surface area contributed by atoms with Crippen LogP contribution in [0.3, 0.4) is 0 Å². The summed E-state index contributed by atoms with van der Waals surface area (Å²) in [6.45, 7) is 6.83. The second-order valence-electron chi connectivity index (χ2n) is 10.2. The van der Waals surface area contributed by atoms with Crippen molar-refractivity contribution in [1.82, 2.24) is 9.78 Å². The van der Waals surface area contributed by atoms with Crippen LogP contribution >= 0.6 is 0 Å². The molecule has 35 heavy (non-hydrogen) atoms. The van der Waals surface area contributed by atoms with Crippen LogP contribution in [0.1, 0.15) is 85.0 Å². The number of carbonyl (C=O) groups is 1. The second-order valence-corrected chi connectivity index (χ2v) is 10.2. The average molecular weight is 463 g/mol. The predicted octanol–water partition coefficient (Wildman–Crippen LogP) is 8.05. The molecule has 0 N–H and O–H groups in total. The minimum absolute atomic E-state index is 0.0203. The predicted molar refractivity (Wildman–Crippen MR) is 143 cm³/mol. The van der Waals surface area contributed by atoms with Crippen molar-refractivity contribution in [3.05, 3.63) is 113 Å². The third-order valence-electron chi connectivity index (χ3n) is 7.58. The summed E-state index contributed by atoms with van der Waals surface area (Å²) in [7, 11) is 0. The third kappa shape index (κ3) is 4.60. The maximum atomic E-state index is 14.1. The van der Waals surface area contributed by atoms with E-state index in [0.717, 1.165) is 40.9 Å². The Morgan fingerprint density at radius 3 is 1.94 bits per heavy atom. The van der Waals surface area contributed by atoms with Crippen LogP contribution in [0.15, 0.2) is 91.0 Å². The first-order valence-corrected chi connectivity index (χ1v) is 12.9. The number of fused-ring (bicyclic) bond motifs is 1. The summed E-state index contributed by atoms with van der Waals surface area (Å²) in [4.78, 5) is 14.1. The van der Waals surface area contributed by atoms with Gasteiger partial charge in [0.1, 0.15) is 0 Å². The Hall–Kier alpha value is -3.46. The van der Waals surface area contributed by atoms with E-state index >= 15 is 0 Å². The second kappa shape index (κ2) is 10.0. The fraction of sp³-hybridized carbons (Fsp3) is 0.312. The summed E-state index contributed by atoms with van der Waals surface area (Å²) in [6.07, 6.45) is 2.63. The van der Waals surface area contributed by atoms with E-state index in [-0.39, 0.29) is 11.8 Å². The summed E-state index contributed by atoms with van der Waals surface area (Å²) in [6, 6.07) is 31.1. The van der Waals surface area contributed by atoms with Gasteiger partial charge in [0.25, 0.3) is 0 Å². The highest BCUT2D eigenvalue weighted by atomic mass is 16.2. The van der Waals surface area contributed by atoms with Gasteiger partial charge in [-0.3, -0.25) is 4.79 Å². The lowest BCUT2D eigenvalue weighted by molar-refractivity contribution is 0.0882. The zero-order valence-corrected chi connectivity index (χ0v) is 20.9. The van der Waals surface area contributed by atoms with Gasteiger partial charge >= 0.3 is 0 Å². The zero-order chi connectivity index (χ0) is 24.4. The SMILES string of the molecule is CC1CCC(C(C)C)c2nn(C(=O)CC(c3ccccc3)c3ccccc3)c(-c3ccccc3)c21. The fourth-order valence-electron chi connectivity index (χ4n) is 5.68. The maximum absolute atomic E-state index is 14.1. The van der Waals surface area contributed by atoms with Gasteiger partial charge in [-0.2, -0.15) is 9.78 Å². The lowest BCUT2D eigenvalue weighted by Crippen LogP contribution is -2.19. The van der Waals surface area contributed by atoms with Crippen LogP contribution in [0.4, 0.5) is 0 Å². The van der Waals surface area contributed by atoms with Crippen molar-refractivity contribution in [3.8, 4) is 11.3 Å². The van der Waals surface area contributed by atoms with Gasteiger partial charge in [0.15, 0.2) is 0 Å². The Balaban J connectivity index is 1.62. The van der Waals surface area contributed by atoms with Gasteiger partial charge in [-0.25, -0.2) is 0 Å². The molecule has 0 fully saturated rings. The molecule has 178 valence electrons. The van der Waals surface area contributed by atoms with E-state index in [1.807, 2.05) is 54.6 Å². The number of nitrogens with zero attached hydrogens (tertiary/aromatic N) is 2. The van der Waals surface area contributed by atoms with Crippen LogP contribution in [-0.4, -0.2) is 15.7 Å². The number of aromatic nitrogens is 2. The van der Waals surface area contributed by atoms with E-state index < -0.39 is 0 Å². The summed E-state index contributed by atoms with van der Waals surface area (Å²) in [5, 5.41) is 5.09. The van der Waals surface area contributed by atoms with Crippen LogP contribution in [-0.2, 0) is 0 Å². The van der Waals surface area contributed by atoms with Crippen molar-refractivity contribution in [3.63, 3.8) is 0 Å². The van der Waals surface area contributed by atoms with Crippen LogP contribution < -0.4 is 0 Å². The summed E-state index contributed by atoms with van der Waals surface area (Å²) in [5.74, 6) is 1.29. The van der Waals surface area contributed by atoms with E-state index in [1.54, 1.807) is 4.68 Å². The standard InChI is InChI=1S/C32H34N2O/c1-22(2)27-20-19-23(3)30-31(27)33-34(32(30)26-17-11-6-12-18-26)29(35)21-28(24-13-7-4-8-14-24)25-15-9-5-10-16-25/h4-18,22-23,27-28H,19-21H2,1-3H3. The fourth-order valence-corrected chi connectivity index (χ4v) is 5.68. The quantitative estimate of drug-likeness (QED) is 0.290. The number of hydrogen-bond donors (Lipinski definition) is 0. The van der Waals surface area contributed by atoms with E-state index in [4.69, 9.17) is 5.10 Å². The monoisotopic (exact) mass is 462 g/mol. The minimum Gasteiger partial charge on any atom is -0.273 e. The van der Waals surface area contributed by atoms with Gasteiger partial charge in [-0.15, -0.1) is 0 Å². The summed E-state index contributed by atoms with van der Waals surface area (Å²) >= 11 is 0. The highest BCUT2D eigenvalue weighted by Crippen LogP contribution is 2.46. The van der Waals surface area contributed by atoms with Gasteiger partial charge in [0.05, 0.1) is 11.4 Å². The molecule has 4 aromatic rings. The van der Waals surface area contributed by atoms with Crippen LogP contribution in [0.5, 0.6) is 0 Å². The molecular weight excluding hydrogens is 428 g/mol. The molecule has 3 heteroatoms. The van der Waals surface area contributed by atoms with Crippen molar-refractivity contribution in [2.75, 3.05) is 0 Å². The molecule has 0 radical (unpaired) electrons. The van der Waals surface area contributed by atoms with Crippen LogP contribution in [0.2, 0.25) is 0 Å². The van der Waals surface area contributed by atoms with Gasteiger partial charge in [-0.05, 0) is 35.8 Å². The van der Waals surface area contributed by atoms with Crippen molar-refractivity contribution in [2.24, 2.45) is 5.92 Å². The first-order valence-electron chi connectivity index (χ1n) is 12.9. The Morgan fingerprint density at radius 1 is 0.857 bits per heavy atom. The largest absolute Gasteiger partial charge is 0.273 e. The van der Waals surface area contributed by atoms with Crippen molar-refractivity contribution < 1.29 is 4.79 Å². The number of hydrogen-bond acceptors (Lipinski definition) is 2. The van der Waals surface area contributed by atoms with Crippen LogP contribution in [0.25, 0.3) is 11.3 Å². The van der Waals surface area contributed by atoms with E-state index in [9.17, 15) is 4.79 Å². The summed E-state index contributed by atoms with van der Waals surface area (Å²) in [5.41, 5.74) is 6.76. The zero-order valence-electron chi connectivity index (χ0n) is 20.9. The first kappa shape index (κ1) is 23.3. The Bertz CT molecular complexity index is 1240. The van der Waals surface area contributed by atoms with Gasteiger partial charge in [0, 0.05) is 29.4 Å². The molecule has 1 aromatic heterocycles. The molecule has 2 atom stereocenters. The molecule has 0 saturated carbocycles. The highest BCUT2D eigenvalue weighted by molar-refractivity contribution is 5.86. The molecule has 3 nitrogen and oxygen atoms in total. The van der Waals surface area contributed by atoms with E-state index in [0.29, 0.717) is 24.2 Å². The molecule has 1 aliphatic rings. The van der Waals surface area contributed by atoms with E-state index in [1.165, 1.54) is 5.56 Å². The first-order chi connectivity index (χ1) is 17.0. The normalized spacial score (nSPS) is 17.5. The van der Waals surface area contributed by atoms with Crippen molar-refractivity contribution in [2.45, 2.75) is 57.8 Å². The van der Waals surface area contributed by atoms with Gasteiger partial charge < -0.3 is 0 Å². The van der Waals surface area contributed by atoms with Gasteiger partial charge in [0.2, 0.25) is 5.91 Å². The molecule has 2 unspecified atom stereocenters. The molecule has 1 heterocycles. The molecule has 0 saturated heterocycles. The number of benzene rings is 3. The molecule has 0 bridgehead atoms. The van der Waals surface area contributed by atoms with E-state index in [2.05, 4.69) is 57.2 Å². The van der Waals surface area contributed by atoms with Crippen molar-refractivity contribution >= 4 is 5.91 Å². The number of carbonyl (C=O) groups excluding carboxylic acids is 1. The Labute approximate surface area is 208 Å². The lowest BCUT2D eigenvalue weighted by atomic mass is 9.75. The Morgan fingerprint density at radius 2 is 1.40 bits per heavy atom. The third-order valence-corrected chi connectivity index (χ3v) is 7.58. The number of rotatable bonds is 6. The average Bonchev–Trinajstić information content (AvgIpc) is 3.30. The maximum Gasteiger partial charge on any atom is 0.248 e. The molecular formula is C32H34N2O. The minimum atomic E-state index is -0.0203. The topological polar surface area (TPSA) is 34.9 Å². The molecule has 3 aromatic carbocycles. The molecule has 0 aliphatic heterocycles.